The third kappa shape index (κ3) is 3.91. The average Bonchev–Trinajstić information content (AvgIpc) is 2.46. The van der Waals surface area contributed by atoms with E-state index in [4.69, 9.17) is 9.47 Å². The van der Waals surface area contributed by atoms with E-state index in [1.54, 1.807) is 7.11 Å². The van der Waals surface area contributed by atoms with Gasteiger partial charge in [0.2, 0.25) is 0 Å². The third-order valence-corrected chi connectivity index (χ3v) is 4.51. The highest BCUT2D eigenvalue weighted by molar-refractivity contribution is 5.33. The number of methoxy groups -OCH3 is 1. The van der Waals surface area contributed by atoms with Crippen LogP contribution in [0.4, 0.5) is 0 Å². The molecule has 0 aromatic heterocycles. The summed E-state index contributed by atoms with van der Waals surface area (Å²) in [5.74, 6) is 2.14. The monoisotopic (exact) mass is 287 g/mol. The number of rotatable bonds is 3. The molecule has 3 unspecified atom stereocenters. The first kappa shape index (κ1) is 15.7. The minimum Gasteiger partial charge on any atom is -0.497 e. The van der Waals surface area contributed by atoms with Gasteiger partial charge in [-0.3, -0.25) is 0 Å². The summed E-state index contributed by atoms with van der Waals surface area (Å²) in [5.41, 5.74) is 0.260. The summed E-state index contributed by atoms with van der Waals surface area (Å²) in [6, 6.07) is 10.0. The van der Waals surface area contributed by atoms with Crippen molar-refractivity contribution in [3.63, 3.8) is 0 Å². The smallest absolute Gasteiger partial charge is 0.123 e. The zero-order chi connectivity index (χ0) is 15.5. The molecular formula is C18H25NO2. The van der Waals surface area contributed by atoms with Gasteiger partial charge in [-0.1, -0.05) is 26.8 Å². The maximum Gasteiger partial charge on any atom is 0.123 e. The topological polar surface area (TPSA) is 42.2 Å². The highest BCUT2D eigenvalue weighted by Crippen LogP contribution is 2.41. The first-order valence-electron chi connectivity index (χ1n) is 7.64. The highest BCUT2D eigenvalue weighted by atomic mass is 16.5. The van der Waals surface area contributed by atoms with Gasteiger partial charge in [-0.05, 0) is 42.7 Å². The van der Waals surface area contributed by atoms with E-state index >= 15 is 0 Å². The van der Waals surface area contributed by atoms with Gasteiger partial charge in [0, 0.05) is 6.07 Å². The maximum absolute atomic E-state index is 9.37. The Morgan fingerprint density at radius 2 is 1.90 bits per heavy atom. The second-order valence-electron chi connectivity index (χ2n) is 6.95. The molecule has 0 bridgehead atoms. The Morgan fingerprint density at radius 3 is 2.52 bits per heavy atom. The van der Waals surface area contributed by atoms with Crippen molar-refractivity contribution in [2.75, 3.05) is 7.11 Å². The van der Waals surface area contributed by atoms with Crippen LogP contribution in [0, 0.1) is 28.6 Å². The second kappa shape index (κ2) is 6.39. The van der Waals surface area contributed by atoms with E-state index < -0.39 is 0 Å². The molecule has 0 saturated heterocycles. The van der Waals surface area contributed by atoms with Crippen LogP contribution in [0.25, 0.3) is 0 Å². The fourth-order valence-corrected chi connectivity index (χ4v) is 3.04. The molecule has 0 radical (unpaired) electrons. The van der Waals surface area contributed by atoms with Gasteiger partial charge in [-0.2, -0.15) is 5.26 Å². The number of benzene rings is 1. The maximum atomic E-state index is 9.37. The Balaban J connectivity index is 2.12. The van der Waals surface area contributed by atoms with E-state index in [0.717, 1.165) is 30.8 Å². The Bertz CT molecular complexity index is 513. The van der Waals surface area contributed by atoms with Crippen LogP contribution in [0.1, 0.15) is 40.0 Å². The Kier molecular flexibility index (Phi) is 4.77. The average molecular weight is 287 g/mol. The van der Waals surface area contributed by atoms with Gasteiger partial charge in [-0.15, -0.1) is 0 Å². The molecule has 0 amide bonds. The van der Waals surface area contributed by atoms with Gasteiger partial charge in [0.15, 0.2) is 0 Å². The number of nitrogens with zero attached hydrogens (tertiary/aromatic N) is 1. The molecule has 1 saturated carbocycles. The lowest BCUT2D eigenvalue weighted by Gasteiger charge is -2.39. The second-order valence-corrected chi connectivity index (χ2v) is 6.95. The lowest BCUT2D eigenvalue weighted by atomic mass is 9.69. The van der Waals surface area contributed by atoms with Gasteiger partial charge in [0.25, 0.3) is 0 Å². The number of ether oxygens (including phenoxy) is 2. The minimum atomic E-state index is -0.0277. The predicted molar refractivity (Wildman–Crippen MR) is 83.3 cm³/mol. The number of hydrogen-bond donors (Lipinski definition) is 0. The molecule has 1 fully saturated rings. The summed E-state index contributed by atoms with van der Waals surface area (Å²) in [4.78, 5) is 0. The van der Waals surface area contributed by atoms with Crippen molar-refractivity contribution in [1.29, 1.82) is 5.26 Å². The largest absolute Gasteiger partial charge is 0.497 e. The fraction of sp³-hybridized carbons (Fsp3) is 0.611. The Hall–Kier alpha value is -1.69. The summed E-state index contributed by atoms with van der Waals surface area (Å²) >= 11 is 0. The van der Waals surface area contributed by atoms with Gasteiger partial charge in [0.1, 0.15) is 17.6 Å². The molecule has 1 aromatic rings. The van der Waals surface area contributed by atoms with Crippen LogP contribution in [0.5, 0.6) is 11.5 Å². The zero-order valence-electron chi connectivity index (χ0n) is 13.4. The Labute approximate surface area is 127 Å². The fourth-order valence-electron chi connectivity index (χ4n) is 3.04. The minimum absolute atomic E-state index is 0.0187. The van der Waals surface area contributed by atoms with Crippen LogP contribution in [0.2, 0.25) is 0 Å². The van der Waals surface area contributed by atoms with Gasteiger partial charge in [-0.25, -0.2) is 0 Å². The normalized spacial score (nSPS) is 26.0. The molecule has 1 aliphatic rings. The molecule has 21 heavy (non-hydrogen) atoms. The predicted octanol–water partition coefficient (Wildman–Crippen LogP) is 4.43. The Morgan fingerprint density at radius 1 is 1.19 bits per heavy atom. The number of nitriles is 1. The van der Waals surface area contributed by atoms with Crippen molar-refractivity contribution in [2.24, 2.45) is 17.3 Å². The first-order chi connectivity index (χ1) is 9.94. The van der Waals surface area contributed by atoms with E-state index in [1.165, 1.54) is 0 Å². The van der Waals surface area contributed by atoms with E-state index in [1.807, 2.05) is 24.3 Å². The molecule has 0 heterocycles. The lowest BCUT2D eigenvalue weighted by molar-refractivity contribution is 0.0492. The van der Waals surface area contributed by atoms with E-state index in [0.29, 0.717) is 5.92 Å². The van der Waals surface area contributed by atoms with Gasteiger partial charge >= 0.3 is 0 Å². The van der Waals surface area contributed by atoms with E-state index in [2.05, 4.69) is 26.8 Å². The van der Waals surface area contributed by atoms with Crippen molar-refractivity contribution in [2.45, 2.75) is 46.1 Å². The van der Waals surface area contributed by atoms with Crippen LogP contribution in [-0.4, -0.2) is 13.2 Å². The molecule has 114 valence electrons. The van der Waals surface area contributed by atoms with Crippen LogP contribution < -0.4 is 9.47 Å². The molecule has 1 aromatic carbocycles. The van der Waals surface area contributed by atoms with Crippen LogP contribution >= 0.6 is 0 Å². The summed E-state index contributed by atoms with van der Waals surface area (Å²) in [7, 11) is 1.65. The molecule has 0 spiro atoms. The van der Waals surface area contributed by atoms with Crippen molar-refractivity contribution in [1.82, 2.24) is 0 Å². The van der Waals surface area contributed by atoms with Gasteiger partial charge < -0.3 is 9.47 Å². The SMILES string of the molecule is COc1cccc(OC2CC(C(C)(C)C)CCC2C#N)c1. The molecule has 0 N–H and O–H groups in total. The molecule has 0 aliphatic heterocycles. The van der Waals surface area contributed by atoms with Gasteiger partial charge in [0.05, 0.1) is 19.1 Å². The summed E-state index contributed by atoms with van der Waals surface area (Å²) < 4.78 is 11.4. The molecule has 3 heteroatoms. The molecule has 1 aliphatic carbocycles. The van der Waals surface area contributed by atoms with Crippen LogP contribution in [0.15, 0.2) is 24.3 Å². The summed E-state index contributed by atoms with van der Waals surface area (Å²) in [6.07, 6.45) is 2.95. The zero-order valence-corrected chi connectivity index (χ0v) is 13.4. The summed E-state index contributed by atoms with van der Waals surface area (Å²) in [6.45, 7) is 6.81. The quantitative estimate of drug-likeness (QED) is 0.826. The lowest BCUT2D eigenvalue weighted by Crippen LogP contribution is -2.37. The van der Waals surface area contributed by atoms with Crippen LogP contribution in [-0.2, 0) is 0 Å². The van der Waals surface area contributed by atoms with Crippen LogP contribution in [0.3, 0.4) is 0 Å². The first-order valence-corrected chi connectivity index (χ1v) is 7.64. The molecule has 2 rings (SSSR count). The highest BCUT2D eigenvalue weighted by Gasteiger charge is 2.37. The standard InChI is InChI=1S/C18H25NO2/c1-18(2,3)14-9-8-13(12-19)17(10-14)21-16-7-5-6-15(11-16)20-4/h5-7,11,13-14,17H,8-10H2,1-4H3. The van der Waals surface area contributed by atoms with E-state index in [-0.39, 0.29) is 17.4 Å². The molecule has 3 nitrogen and oxygen atoms in total. The van der Waals surface area contributed by atoms with Crippen molar-refractivity contribution < 1.29 is 9.47 Å². The van der Waals surface area contributed by atoms with E-state index in [9.17, 15) is 5.26 Å². The number of hydrogen-bond acceptors (Lipinski definition) is 3. The molecular weight excluding hydrogens is 262 g/mol. The van der Waals surface area contributed by atoms with Crippen molar-refractivity contribution in [3.8, 4) is 17.6 Å². The van der Waals surface area contributed by atoms with Crippen molar-refractivity contribution in [3.05, 3.63) is 24.3 Å². The summed E-state index contributed by atoms with van der Waals surface area (Å²) in [5, 5.41) is 9.37. The molecule has 3 atom stereocenters. The third-order valence-electron chi connectivity index (χ3n) is 4.51. The van der Waals surface area contributed by atoms with Crippen molar-refractivity contribution >= 4 is 0 Å².